The predicted octanol–water partition coefficient (Wildman–Crippen LogP) is 3.31. The van der Waals surface area contributed by atoms with Crippen LogP contribution < -0.4 is 5.32 Å². The lowest BCUT2D eigenvalue weighted by Crippen LogP contribution is -2.05. The molecule has 20 heavy (non-hydrogen) atoms. The molecule has 0 aliphatic rings. The fourth-order valence-electron chi connectivity index (χ4n) is 2.04. The van der Waals surface area contributed by atoms with Crippen molar-refractivity contribution >= 4 is 33.3 Å². The third-order valence-electron chi connectivity index (χ3n) is 3.10. The Balaban J connectivity index is 2.51. The molecule has 0 radical (unpaired) electrons. The van der Waals surface area contributed by atoms with Crippen LogP contribution in [0, 0.1) is 13.8 Å². The zero-order chi connectivity index (χ0) is 14.7. The second-order valence-corrected chi connectivity index (χ2v) is 5.63. The Morgan fingerprint density at radius 3 is 2.75 bits per heavy atom. The number of ether oxygens (including phenoxy) is 1. The highest BCUT2D eigenvalue weighted by Crippen LogP contribution is 2.34. The van der Waals surface area contributed by atoms with Gasteiger partial charge in [-0.15, -0.1) is 11.3 Å². The van der Waals surface area contributed by atoms with E-state index in [2.05, 4.69) is 22.2 Å². The molecule has 0 aliphatic heterocycles. The van der Waals surface area contributed by atoms with Gasteiger partial charge in [-0.1, -0.05) is 13.3 Å². The maximum atomic E-state index is 11.8. The van der Waals surface area contributed by atoms with Crippen LogP contribution in [0.15, 0.2) is 0 Å². The molecule has 0 aromatic carbocycles. The van der Waals surface area contributed by atoms with Crippen molar-refractivity contribution in [2.45, 2.75) is 33.6 Å². The minimum atomic E-state index is -0.317. The number of aromatic nitrogens is 2. The van der Waals surface area contributed by atoms with E-state index in [0.29, 0.717) is 10.7 Å². The van der Waals surface area contributed by atoms with Crippen LogP contribution in [0.2, 0.25) is 0 Å². The second-order valence-electron chi connectivity index (χ2n) is 4.63. The number of carbonyl (C=O) groups excluding carboxylic acids is 1. The van der Waals surface area contributed by atoms with Gasteiger partial charge in [-0.25, -0.2) is 14.8 Å². The normalized spacial score (nSPS) is 10.8. The quantitative estimate of drug-likeness (QED) is 0.677. The van der Waals surface area contributed by atoms with Crippen molar-refractivity contribution in [2.75, 3.05) is 19.0 Å². The number of methoxy groups -OCH3 is 1. The van der Waals surface area contributed by atoms with Crippen LogP contribution in [0.5, 0.6) is 0 Å². The smallest absolute Gasteiger partial charge is 0.348 e. The number of hydrogen-bond donors (Lipinski definition) is 1. The van der Waals surface area contributed by atoms with E-state index in [1.54, 1.807) is 0 Å². The van der Waals surface area contributed by atoms with E-state index in [1.165, 1.54) is 18.4 Å². The van der Waals surface area contributed by atoms with Crippen molar-refractivity contribution < 1.29 is 9.53 Å². The van der Waals surface area contributed by atoms with Crippen LogP contribution in [0.4, 0.5) is 5.82 Å². The van der Waals surface area contributed by atoms with Gasteiger partial charge in [0, 0.05) is 6.54 Å². The SMILES string of the molecule is CCCCNc1nc(C)nc2sc(C(=O)OC)c(C)c12. The van der Waals surface area contributed by atoms with Crippen molar-refractivity contribution in [1.29, 1.82) is 0 Å². The van der Waals surface area contributed by atoms with Gasteiger partial charge in [-0.05, 0) is 25.8 Å². The van der Waals surface area contributed by atoms with Crippen LogP contribution in [-0.4, -0.2) is 29.6 Å². The number of hydrogen-bond acceptors (Lipinski definition) is 6. The molecule has 0 saturated heterocycles. The highest BCUT2D eigenvalue weighted by Gasteiger charge is 2.20. The van der Waals surface area contributed by atoms with E-state index in [0.717, 1.165) is 41.0 Å². The Morgan fingerprint density at radius 1 is 1.35 bits per heavy atom. The molecule has 0 spiro atoms. The highest BCUT2D eigenvalue weighted by molar-refractivity contribution is 7.20. The monoisotopic (exact) mass is 293 g/mol. The fraction of sp³-hybridized carbons (Fsp3) is 0.500. The number of nitrogens with one attached hydrogen (secondary N) is 1. The summed E-state index contributed by atoms with van der Waals surface area (Å²) in [4.78, 5) is 22.1. The zero-order valence-corrected chi connectivity index (χ0v) is 13.1. The summed E-state index contributed by atoms with van der Waals surface area (Å²) in [5.41, 5.74) is 0.885. The predicted molar refractivity (Wildman–Crippen MR) is 81.6 cm³/mol. The molecule has 0 amide bonds. The number of esters is 1. The number of thiophene rings is 1. The highest BCUT2D eigenvalue weighted by atomic mass is 32.1. The van der Waals surface area contributed by atoms with Crippen LogP contribution in [0.3, 0.4) is 0 Å². The van der Waals surface area contributed by atoms with Crippen LogP contribution in [-0.2, 0) is 4.74 Å². The lowest BCUT2D eigenvalue weighted by molar-refractivity contribution is 0.0605. The van der Waals surface area contributed by atoms with Crippen molar-refractivity contribution in [3.63, 3.8) is 0 Å². The molecule has 2 aromatic rings. The summed E-state index contributed by atoms with van der Waals surface area (Å²) in [6, 6.07) is 0. The number of nitrogens with zero attached hydrogens (tertiary/aromatic N) is 2. The summed E-state index contributed by atoms with van der Waals surface area (Å²) in [6.45, 7) is 6.78. The summed E-state index contributed by atoms with van der Waals surface area (Å²) < 4.78 is 4.82. The van der Waals surface area contributed by atoms with Gasteiger partial charge in [0.1, 0.15) is 21.3 Å². The molecule has 5 nitrogen and oxygen atoms in total. The third kappa shape index (κ3) is 2.75. The molecule has 6 heteroatoms. The lowest BCUT2D eigenvalue weighted by atomic mass is 10.2. The van der Waals surface area contributed by atoms with E-state index in [9.17, 15) is 4.79 Å². The van der Waals surface area contributed by atoms with Crippen molar-refractivity contribution in [3.8, 4) is 0 Å². The second kappa shape index (κ2) is 6.17. The molecule has 0 aliphatic carbocycles. The first-order valence-electron chi connectivity index (χ1n) is 6.68. The van der Waals surface area contributed by atoms with Gasteiger partial charge >= 0.3 is 5.97 Å². The molecule has 0 atom stereocenters. The average molecular weight is 293 g/mol. The Morgan fingerprint density at radius 2 is 2.10 bits per heavy atom. The van der Waals surface area contributed by atoms with E-state index >= 15 is 0 Å². The molecule has 0 saturated carbocycles. The molecular formula is C14H19N3O2S. The van der Waals surface area contributed by atoms with Gasteiger partial charge in [0.05, 0.1) is 12.5 Å². The van der Waals surface area contributed by atoms with Crippen molar-refractivity contribution in [2.24, 2.45) is 0 Å². The van der Waals surface area contributed by atoms with E-state index in [-0.39, 0.29) is 5.97 Å². The maximum absolute atomic E-state index is 11.8. The first-order chi connectivity index (χ1) is 9.58. The number of fused-ring (bicyclic) bond motifs is 1. The van der Waals surface area contributed by atoms with Gasteiger partial charge in [-0.3, -0.25) is 0 Å². The maximum Gasteiger partial charge on any atom is 0.348 e. The van der Waals surface area contributed by atoms with Crippen molar-refractivity contribution in [1.82, 2.24) is 9.97 Å². The Bertz CT molecular complexity index is 637. The first-order valence-corrected chi connectivity index (χ1v) is 7.50. The number of aryl methyl sites for hydroxylation is 2. The van der Waals surface area contributed by atoms with Crippen LogP contribution in [0.1, 0.15) is 40.8 Å². The molecule has 2 heterocycles. The fourth-order valence-corrected chi connectivity index (χ4v) is 3.19. The number of rotatable bonds is 5. The molecule has 2 rings (SSSR count). The zero-order valence-electron chi connectivity index (χ0n) is 12.2. The standard InChI is InChI=1S/C14H19N3O2S/c1-5-6-7-15-12-10-8(2)11(14(18)19-4)20-13(10)17-9(3)16-12/h5-7H2,1-4H3,(H,15,16,17). The van der Waals surface area contributed by atoms with E-state index < -0.39 is 0 Å². The summed E-state index contributed by atoms with van der Waals surface area (Å²) >= 11 is 1.36. The lowest BCUT2D eigenvalue weighted by Gasteiger charge is -2.07. The summed E-state index contributed by atoms with van der Waals surface area (Å²) in [7, 11) is 1.39. The average Bonchev–Trinajstić information content (AvgIpc) is 2.75. The van der Waals surface area contributed by atoms with Crippen molar-refractivity contribution in [3.05, 3.63) is 16.3 Å². The summed E-state index contributed by atoms with van der Waals surface area (Å²) in [6.07, 6.45) is 2.20. The molecule has 1 N–H and O–H groups in total. The molecule has 0 unspecified atom stereocenters. The minimum Gasteiger partial charge on any atom is -0.465 e. The summed E-state index contributed by atoms with van der Waals surface area (Å²) in [5, 5.41) is 4.27. The number of anilines is 1. The molecule has 0 fully saturated rings. The van der Waals surface area contributed by atoms with E-state index in [4.69, 9.17) is 4.74 Å². The van der Waals surface area contributed by atoms with Crippen LogP contribution in [0.25, 0.3) is 10.2 Å². The largest absolute Gasteiger partial charge is 0.465 e. The topological polar surface area (TPSA) is 64.1 Å². The summed E-state index contributed by atoms with van der Waals surface area (Å²) in [5.74, 6) is 1.20. The van der Waals surface area contributed by atoms with Gasteiger partial charge in [0.15, 0.2) is 0 Å². The van der Waals surface area contributed by atoms with E-state index in [1.807, 2.05) is 13.8 Å². The number of unbranched alkanes of at least 4 members (excludes halogenated alkanes) is 1. The molecule has 2 aromatic heterocycles. The molecular weight excluding hydrogens is 274 g/mol. The number of carbonyl (C=O) groups is 1. The molecule has 108 valence electrons. The van der Waals surface area contributed by atoms with Gasteiger partial charge in [0.2, 0.25) is 0 Å². The van der Waals surface area contributed by atoms with Gasteiger partial charge in [0.25, 0.3) is 0 Å². The Hall–Kier alpha value is -1.69. The Labute approximate surface area is 122 Å². The Kier molecular flexibility index (Phi) is 4.54. The van der Waals surface area contributed by atoms with Gasteiger partial charge < -0.3 is 10.1 Å². The third-order valence-corrected chi connectivity index (χ3v) is 4.26. The van der Waals surface area contributed by atoms with Gasteiger partial charge in [-0.2, -0.15) is 0 Å². The molecule has 0 bridgehead atoms. The van der Waals surface area contributed by atoms with Crippen LogP contribution >= 0.6 is 11.3 Å². The first kappa shape index (κ1) is 14.7. The minimum absolute atomic E-state index is 0.317.